The summed E-state index contributed by atoms with van der Waals surface area (Å²) in [4.78, 5) is 26.2. The van der Waals surface area contributed by atoms with E-state index >= 15 is 0 Å². The molecule has 1 aliphatic heterocycles. The quantitative estimate of drug-likeness (QED) is 0.549. The first kappa shape index (κ1) is 18.9. The van der Waals surface area contributed by atoms with Crippen LogP contribution in [0, 0.1) is 6.92 Å². The maximum Gasteiger partial charge on any atom is 0.261 e. The van der Waals surface area contributed by atoms with E-state index in [0.717, 1.165) is 23.3 Å². The van der Waals surface area contributed by atoms with E-state index in [1.165, 1.54) is 10.5 Å². The molecule has 0 saturated heterocycles. The van der Waals surface area contributed by atoms with E-state index in [9.17, 15) is 9.59 Å². The second-order valence-electron chi connectivity index (χ2n) is 7.33. The summed E-state index contributed by atoms with van der Waals surface area (Å²) in [5, 5.41) is 0. The predicted octanol–water partition coefficient (Wildman–Crippen LogP) is 4.80. The van der Waals surface area contributed by atoms with Crippen molar-refractivity contribution in [3.05, 3.63) is 101 Å². The van der Waals surface area contributed by atoms with Gasteiger partial charge in [-0.2, -0.15) is 0 Å². The Morgan fingerprint density at radius 3 is 2.17 bits per heavy atom. The zero-order valence-corrected chi connectivity index (χ0v) is 16.4. The first-order chi connectivity index (χ1) is 14.1. The molecule has 4 heteroatoms. The van der Waals surface area contributed by atoms with Crippen LogP contribution in [0.15, 0.2) is 72.8 Å². The molecule has 146 valence electrons. The highest BCUT2D eigenvalue weighted by atomic mass is 16.5. The minimum Gasteiger partial charge on any atom is -0.489 e. The molecule has 0 aromatic heterocycles. The third-order valence-electron chi connectivity index (χ3n) is 5.15. The monoisotopic (exact) mass is 385 g/mol. The molecule has 3 aromatic carbocycles. The van der Waals surface area contributed by atoms with Crippen molar-refractivity contribution in [2.45, 2.75) is 26.4 Å². The number of hydrogen-bond acceptors (Lipinski definition) is 3. The highest BCUT2D eigenvalue weighted by Crippen LogP contribution is 2.23. The van der Waals surface area contributed by atoms with Gasteiger partial charge in [0.05, 0.1) is 11.1 Å². The van der Waals surface area contributed by atoms with E-state index in [4.69, 9.17) is 4.74 Å². The van der Waals surface area contributed by atoms with Crippen LogP contribution in [0.5, 0.6) is 5.75 Å². The van der Waals surface area contributed by atoms with Crippen molar-refractivity contribution in [3.8, 4) is 5.75 Å². The number of carbonyl (C=O) groups excluding carboxylic acids is 2. The van der Waals surface area contributed by atoms with Crippen LogP contribution < -0.4 is 4.74 Å². The molecule has 0 fully saturated rings. The smallest absolute Gasteiger partial charge is 0.261 e. The maximum atomic E-state index is 12.4. The molecule has 2 amide bonds. The minimum atomic E-state index is -0.194. The number of ether oxygens (including phenoxy) is 1. The number of fused-ring (bicyclic) bond motifs is 1. The van der Waals surface area contributed by atoms with Crippen LogP contribution in [-0.2, 0) is 13.0 Å². The number of rotatable bonds is 7. The molecular weight excluding hydrogens is 362 g/mol. The number of carbonyl (C=O) groups is 2. The van der Waals surface area contributed by atoms with E-state index in [2.05, 4.69) is 31.2 Å². The molecule has 0 radical (unpaired) electrons. The number of benzene rings is 3. The topological polar surface area (TPSA) is 46.6 Å². The van der Waals surface area contributed by atoms with Crippen molar-refractivity contribution in [2.24, 2.45) is 0 Å². The number of aryl methyl sites for hydroxylation is 2. The normalized spacial score (nSPS) is 12.9. The molecule has 3 aromatic rings. The first-order valence-electron chi connectivity index (χ1n) is 9.84. The van der Waals surface area contributed by atoms with Gasteiger partial charge in [0.25, 0.3) is 11.8 Å². The highest BCUT2D eigenvalue weighted by Gasteiger charge is 2.34. The zero-order valence-electron chi connectivity index (χ0n) is 16.4. The van der Waals surface area contributed by atoms with Gasteiger partial charge in [0.2, 0.25) is 0 Å². The van der Waals surface area contributed by atoms with Crippen LogP contribution in [0.1, 0.15) is 43.8 Å². The fraction of sp³-hybridized carbons (Fsp3) is 0.200. The van der Waals surface area contributed by atoms with Crippen molar-refractivity contribution in [2.75, 3.05) is 6.54 Å². The zero-order chi connectivity index (χ0) is 20.2. The summed E-state index contributed by atoms with van der Waals surface area (Å²) in [5.41, 5.74) is 4.50. The Bertz CT molecular complexity index is 1000. The predicted molar refractivity (Wildman–Crippen MR) is 112 cm³/mol. The number of imide groups is 1. The molecule has 4 nitrogen and oxygen atoms in total. The summed E-state index contributed by atoms with van der Waals surface area (Å²) >= 11 is 0. The van der Waals surface area contributed by atoms with Gasteiger partial charge < -0.3 is 4.74 Å². The van der Waals surface area contributed by atoms with Crippen molar-refractivity contribution < 1.29 is 14.3 Å². The van der Waals surface area contributed by atoms with Crippen molar-refractivity contribution >= 4 is 11.8 Å². The summed E-state index contributed by atoms with van der Waals surface area (Å²) in [6, 6.07) is 23.3. The van der Waals surface area contributed by atoms with Crippen molar-refractivity contribution in [1.29, 1.82) is 0 Å². The fourth-order valence-electron chi connectivity index (χ4n) is 3.53. The van der Waals surface area contributed by atoms with Gasteiger partial charge in [-0.25, -0.2) is 0 Å². The molecule has 0 unspecified atom stereocenters. The molecule has 1 aliphatic rings. The molecule has 0 bridgehead atoms. The SMILES string of the molecule is Cc1ccc(COc2cccc(CCCN3C(=O)c4ccccc4C3=O)c2)cc1. The Kier molecular flexibility index (Phi) is 5.43. The van der Waals surface area contributed by atoms with Gasteiger partial charge in [-0.3, -0.25) is 14.5 Å². The van der Waals surface area contributed by atoms with Gasteiger partial charge in [-0.15, -0.1) is 0 Å². The Labute approximate surface area is 170 Å². The third kappa shape index (κ3) is 4.21. The average Bonchev–Trinajstić information content (AvgIpc) is 2.99. The van der Waals surface area contributed by atoms with Crippen molar-refractivity contribution in [3.63, 3.8) is 0 Å². The Morgan fingerprint density at radius 2 is 1.48 bits per heavy atom. The van der Waals surface area contributed by atoms with Crippen LogP contribution in [-0.4, -0.2) is 23.3 Å². The van der Waals surface area contributed by atoms with Crippen LogP contribution in [0.4, 0.5) is 0 Å². The second kappa shape index (κ2) is 8.31. The van der Waals surface area contributed by atoms with Gasteiger partial charge >= 0.3 is 0 Å². The van der Waals surface area contributed by atoms with E-state index in [1.807, 2.05) is 24.3 Å². The molecule has 0 atom stereocenters. The lowest BCUT2D eigenvalue weighted by atomic mass is 10.1. The summed E-state index contributed by atoms with van der Waals surface area (Å²) in [6.07, 6.45) is 1.49. The van der Waals surface area contributed by atoms with Crippen LogP contribution in [0.25, 0.3) is 0 Å². The Balaban J connectivity index is 1.31. The molecule has 29 heavy (non-hydrogen) atoms. The average molecular weight is 385 g/mol. The highest BCUT2D eigenvalue weighted by molar-refractivity contribution is 6.21. The van der Waals surface area contributed by atoms with E-state index in [-0.39, 0.29) is 11.8 Å². The van der Waals surface area contributed by atoms with Crippen LogP contribution >= 0.6 is 0 Å². The molecular formula is C25H23NO3. The van der Waals surface area contributed by atoms with Gasteiger partial charge in [-0.05, 0) is 55.2 Å². The van der Waals surface area contributed by atoms with Crippen molar-refractivity contribution in [1.82, 2.24) is 4.90 Å². The first-order valence-corrected chi connectivity index (χ1v) is 9.84. The Hall–Kier alpha value is -3.40. The van der Waals surface area contributed by atoms with Gasteiger partial charge in [0, 0.05) is 6.54 Å². The molecule has 0 aliphatic carbocycles. The summed E-state index contributed by atoms with van der Waals surface area (Å²) < 4.78 is 5.91. The largest absolute Gasteiger partial charge is 0.489 e. The molecule has 0 saturated carbocycles. The van der Waals surface area contributed by atoms with Gasteiger partial charge in [0.15, 0.2) is 0 Å². The summed E-state index contributed by atoms with van der Waals surface area (Å²) in [5.74, 6) is 0.436. The van der Waals surface area contributed by atoms with Crippen LogP contribution in [0.2, 0.25) is 0 Å². The van der Waals surface area contributed by atoms with Gasteiger partial charge in [0.1, 0.15) is 12.4 Å². The molecule has 0 N–H and O–H groups in total. The maximum absolute atomic E-state index is 12.4. The lowest BCUT2D eigenvalue weighted by Crippen LogP contribution is -2.30. The number of amides is 2. The summed E-state index contributed by atoms with van der Waals surface area (Å²) in [7, 11) is 0. The molecule has 0 spiro atoms. The Morgan fingerprint density at radius 1 is 0.793 bits per heavy atom. The minimum absolute atomic E-state index is 0.194. The molecule has 4 rings (SSSR count). The van der Waals surface area contributed by atoms with E-state index < -0.39 is 0 Å². The van der Waals surface area contributed by atoms with Crippen LogP contribution in [0.3, 0.4) is 0 Å². The number of hydrogen-bond donors (Lipinski definition) is 0. The standard InChI is InChI=1S/C25H23NO3/c1-18-11-13-20(14-12-18)17-29-21-8-4-6-19(16-21)7-5-15-26-24(27)22-9-2-3-10-23(22)25(26)28/h2-4,6,8-14,16H,5,7,15,17H2,1H3. The lowest BCUT2D eigenvalue weighted by Gasteiger charge is -2.14. The molecule has 1 heterocycles. The fourth-order valence-corrected chi connectivity index (χ4v) is 3.53. The third-order valence-corrected chi connectivity index (χ3v) is 5.15. The van der Waals surface area contributed by atoms with E-state index in [0.29, 0.717) is 30.7 Å². The lowest BCUT2D eigenvalue weighted by molar-refractivity contribution is 0.0652. The van der Waals surface area contributed by atoms with E-state index in [1.54, 1.807) is 24.3 Å². The number of nitrogens with zero attached hydrogens (tertiary/aromatic N) is 1. The van der Waals surface area contributed by atoms with Gasteiger partial charge in [-0.1, -0.05) is 54.1 Å². The summed E-state index contributed by atoms with van der Waals surface area (Å²) in [6.45, 7) is 3.01. The second-order valence-corrected chi connectivity index (χ2v) is 7.33.